The second-order valence-electron chi connectivity index (χ2n) is 6.56. The topological polar surface area (TPSA) is 106 Å². The number of carbonyl (C=O) groups is 3. The summed E-state index contributed by atoms with van der Waals surface area (Å²) in [6.45, 7) is 3.38. The van der Waals surface area contributed by atoms with Gasteiger partial charge < -0.3 is 20.4 Å². The molecule has 2 aliphatic rings. The van der Waals surface area contributed by atoms with Gasteiger partial charge in [0.1, 0.15) is 5.54 Å². The number of nitrogens with one attached hydrogen (secondary N) is 3. The van der Waals surface area contributed by atoms with Gasteiger partial charge in [-0.25, -0.2) is 4.79 Å². The lowest BCUT2D eigenvalue weighted by Crippen LogP contribution is -2.55. The highest BCUT2D eigenvalue weighted by atomic mass is 127. The summed E-state index contributed by atoms with van der Waals surface area (Å²) in [4.78, 5) is 42.9. The monoisotopic (exact) mass is 466 g/mol. The van der Waals surface area contributed by atoms with Crippen LogP contribution in [0.25, 0.3) is 0 Å². The van der Waals surface area contributed by atoms with Gasteiger partial charge in [0.2, 0.25) is 5.91 Å². The molecule has 2 fully saturated rings. The molecule has 0 aromatic carbocycles. The van der Waals surface area contributed by atoms with Crippen molar-refractivity contribution in [2.45, 2.75) is 25.3 Å². The Kier molecular flexibility index (Phi) is 7.44. The molecule has 0 spiro atoms. The van der Waals surface area contributed by atoms with Gasteiger partial charge in [-0.2, -0.15) is 0 Å². The van der Waals surface area contributed by atoms with Crippen LogP contribution in [-0.2, 0) is 9.59 Å². The van der Waals surface area contributed by atoms with E-state index in [4.69, 9.17) is 0 Å². The molecule has 0 saturated carbocycles. The number of urea groups is 1. The molecule has 0 radical (unpaired) electrons. The molecule has 2 heterocycles. The Morgan fingerprint density at radius 3 is 2.40 bits per heavy atom. The first-order valence-corrected chi connectivity index (χ1v) is 8.07. The van der Waals surface area contributed by atoms with Crippen molar-refractivity contribution < 1.29 is 14.4 Å². The average Bonchev–Trinajstić information content (AvgIpc) is 2.81. The summed E-state index contributed by atoms with van der Waals surface area (Å²) < 4.78 is 0. The van der Waals surface area contributed by atoms with Crippen LogP contribution < -0.4 is 16.0 Å². The summed E-state index contributed by atoms with van der Waals surface area (Å²) in [5, 5.41) is 8.12. The maximum Gasteiger partial charge on any atom is 0.322 e. The van der Waals surface area contributed by atoms with Crippen LogP contribution in [-0.4, -0.2) is 79.9 Å². The smallest absolute Gasteiger partial charge is 0.322 e. The van der Waals surface area contributed by atoms with Crippen molar-refractivity contribution in [2.24, 2.45) is 10.9 Å². The van der Waals surface area contributed by atoms with Crippen LogP contribution in [0.15, 0.2) is 4.99 Å². The van der Waals surface area contributed by atoms with Crippen molar-refractivity contribution in [3.8, 4) is 0 Å². The molecule has 4 amide bonds. The van der Waals surface area contributed by atoms with E-state index in [2.05, 4.69) is 25.8 Å². The number of halogens is 1. The third kappa shape index (κ3) is 4.73. The van der Waals surface area contributed by atoms with Crippen molar-refractivity contribution in [1.29, 1.82) is 0 Å². The summed E-state index contributed by atoms with van der Waals surface area (Å²) >= 11 is 0. The van der Waals surface area contributed by atoms with Crippen molar-refractivity contribution in [3.05, 3.63) is 0 Å². The third-order valence-corrected chi connectivity index (χ3v) is 4.79. The van der Waals surface area contributed by atoms with Crippen molar-refractivity contribution >= 4 is 47.8 Å². The number of hydrogen-bond acceptors (Lipinski definition) is 4. The fourth-order valence-electron chi connectivity index (χ4n) is 3.16. The van der Waals surface area contributed by atoms with E-state index in [9.17, 15) is 14.4 Å². The number of likely N-dealkylation sites (tertiary alicyclic amines) is 1. The summed E-state index contributed by atoms with van der Waals surface area (Å²) in [6, 6.07) is -0.426. The number of likely N-dealkylation sites (N-methyl/N-ethyl adjacent to an activating group) is 1. The Bertz CT molecular complexity index is 559. The highest BCUT2D eigenvalue weighted by Gasteiger charge is 2.48. The minimum Gasteiger partial charge on any atom is -0.347 e. The Balaban J connectivity index is 0.00000312. The fraction of sp³-hybridized carbons (Fsp3) is 0.733. The number of imide groups is 1. The highest BCUT2D eigenvalue weighted by molar-refractivity contribution is 14.0. The summed E-state index contributed by atoms with van der Waals surface area (Å²) in [5.41, 5.74) is -0.846. The van der Waals surface area contributed by atoms with E-state index in [1.165, 1.54) is 4.90 Å². The lowest BCUT2D eigenvalue weighted by Gasteiger charge is -2.39. The number of nitrogens with zero attached hydrogens (tertiary/aromatic N) is 3. The fourth-order valence-corrected chi connectivity index (χ4v) is 3.16. The van der Waals surface area contributed by atoms with Gasteiger partial charge in [0.25, 0.3) is 5.91 Å². The summed E-state index contributed by atoms with van der Waals surface area (Å²) in [6.07, 6.45) is 1.51. The van der Waals surface area contributed by atoms with Gasteiger partial charge in [-0.3, -0.25) is 19.9 Å². The maximum atomic E-state index is 12.0. The lowest BCUT2D eigenvalue weighted by atomic mass is 9.79. The molecular weight excluding hydrogens is 439 g/mol. The minimum atomic E-state index is -0.846. The Morgan fingerprint density at radius 1 is 1.36 bits per heavy atom. The van der Waals surface area contributed by atoms with Crippen LogP contribution in [0, 0.1) is 5.92 Å². The van der Waals surface area contributed by atoms with E-state index >= 15 is 0 Å². The van der Waals surface area contributed by atoms with Crippen molar-refractivity contribution in [2.75, 3.05) is 40.8 Å². The SMILES string of the molecule is CN=C(NCC(=O)N(C)C)N1CCC(C2(C)NC(=O)NC2=O)CC1.I. The number of rotatable bonds is 3. The molecule has 1 atom stereocenters. The summed E-state index contributed by atoms with van der Waals surface area (Å²) in [7, 11) is 5.10. The molecule has 10 heteroatoms. The Labute approximate surface area is 165 Å². The molecule has 142 valence electrons. The van der Waals surface area contributed by atoms with Gasteiger partial charge in [-0.1, -0.05) is 0 Å². The molecule has 0 bridgehead atoms. The number of aliphatic imine (C=N–C) groups is 1. The molecule has 1 unspecified atom stereocenters. The molecular formula is C15H27IN6O3. The minimum absolute atomic E-state index is 0. The van der Waals surface area contributed by atoms with E-state index in [0.717, 1.165) is 12.8 Å². The number of carbonyl (C=O) groups excluding carboxylic acids is 3. The van der Waals surface area contributed by atoms with E-state index in [-0.39, 0.29) is 48.3 Å². The maximum absolute atomic E-state index is 12.0. The van der Waals surface area contributed by atoms with Crippen LogP contribution in [0.4, 0.5) is 4.79 Å². The van der Waals surface area contributed by atoms with Gasteiger partial charge >= 0.3 is 6.03 Å². The highest BCUT2D eigenvalue weighted by Crippen LogP contribution is 2.30. The van der Waals surface area contributed by atoms with Gasteiger partial charge in [-0.05, 0) is 25.7 Å². The zero-order valence-electron chi connectivity index (χ0n) is 15.1. The van der Waals surface area contributed by atoms with Crippen LogP contribution in [0.3, 0.4) is 0 Å². The number of piperidine rings is 1. The molecule has 0 aromatic rings. The molecule has 2 saturated heterocycles. The first-order valence-electron chi connectivity index (χ1n) is 8.07. The third-order valence-electron chi connectivity index (χ3n) is 4.79. The van der Waals surface area contributed by atoms with E-state index in [0.29, 0.717) is 19.0 Å². The lowest BCUT2D eigenvalue weighted by molar-refractivity contribution is -0.127. The standard InChI is InChI=1S/C15H26N6O3.HI/c1-15(12(23)18-14(24)19-15)10-5-7-21(8-6-10)13(16-2)17-9-11(22)20(3)4;/h10H,5-9H2,1-4H3,(H,16,17)(H2,18,19,23,24);1H. The van der Waals surface area contributed by atoms with Crippen LogP contribution in [0.1, 0.15) is 19.8 Å². The van der Waals surface area contributed by atoms with E-state index in [1.807, 2.05) is 0 Å². The molecule has 9 nitrogen and oxygen atoms in total. The molecule has 3 N–H and O–H groups in total. The normalized spacial score (nSPS) is 24.3. The molecule has 0 aromatic heterocycles. The predicted molar refractivity (Wildman–Crippen MR) is 105 cm³/mol. The quantitative estimate of drug-likeness (QED) is 0.227. The largest absolute Gasteiger partial charge is 0.347 e. The van der Waals surface area contributed by atoms with Crippen LogP contribution >= 0.6 is 24.0 Å². The van der Waals surface area contributed by atoms with Gasteiger partial charge in [0, 0.05) is 34.2 Å². The average molecular weight is 466 g/mol. The zero-order valence-corrected chi connectivity index (χ0v) is 17.4. The summed E-state index contributed by atoms with van der Waals surface area (Å²) in [5.74, 6) is 0.462. The molecule has 2 rings (SSSR count). The van der Waals surface area contributed by atoms with Gasteiger partial charge in [0.15, 0.2) is 5.96 Å². The van der Waals surface area contributed by atoms with Crippen molar-refractivity contribution in [3.63, 3.8) is 0 Å². The molecule has 25 heavy (non-hydrogen) atoms. The second-order valence-corrected chi connectivity index (χ2v) is 6.56. The van der Waals surface area contributed by atoms with Gasteiger partial charge in [0.05, 0.1) is 6.54 Å². The number of guanidine groups is 1. The Hall–Kier alpha value is -1.59. The first-order chi connectivity index (χ1) is 11.3. The molecule has 0 aliphatic carbocycles. The second kappa shape index (κ2) is 8.68. The zero-order chi connectivity index (χ0) is 17.9. The number of amides is 4. The number of hydrogen-bond donors (Lipinski definition) is 3. The first kappa shape index (κ1) is 21.5. The van der Waals surface area contributed by atoms with E-state index < -0.39 is 11.6 Å². The van der Waals surface area contributed by atoms with Gasteiger partial charge in [-0.15, -0.1) is 24.0 Å². The molecule has 2 aliphatic heterocycles. The van der Waals surface area contributed by atoms with E-state index in [1.54, 1.807) is 28.1 Å². The van der Waals surface area contributed by atoms with Crippen molar-refractivity contribution in [1.82, 2.24) is 25.8 Å². The predicted octanol–water partition coefficient (Wildman–Crippen LogP) is -0.422. The Morgan fingerprint density at radius 2 is 1.96 bits per heavy atom. The van der Waals surface area contributed by atoms with Crippen LogP contribution in [0.2, 0.25) is 0 Å². The van der Waals surface area contributed by atoms with Crippen LogP contribution in [0.5, 0.6) is 0 Å².